The highest BCUT2D eigenvalue weighted by Crippen LogP contribution is 2.22. The number of amides is 1. The second kappa shape index (κ2) is 9.93. The summed E-state index contributed by atoms with van der Waals surface area (Å²) in [6.45, 7) is 1.40. The molecule has 1 N–H and O–H groups in total. The van der Waals surface area contributed by atoms with Crippen LogP contribution in [-0.2, 0) is 20.9 Å². The Bertz CT molecular complexity index is 1190. The van der Waals surface area contributed by atoms with Gasteiger partial charge in [-0.25, -0.2) is 14.4 Å². The third-order valence-electron chi connectivity index (χ3n) is 4.08. The van der Waals surface area contributed by atoms with Crippen molar-refractivity contribution in [3.8, 4) is 11.8 Å². The first kappa shape index (κ1) is 21.4. The van der Waals surface area contributed by atoms with Crippen LogP contribution < -0.4 is 15.7 Å². The monoisotopic (exact) mass is 422 g/mol. The standard InChI is InChI=1S/C22H18N2O7/c1-2-28-22(27)24-16-5-8-18-15(9-20(25)31-19(18)10-16)12-30-21(26)13-29-17-6-3-14(11-23)4-7-17/h3-10H,2,12-13H2,1H3,(H,24,27). The number of nitrogens with zero attached hydrogens (tertiary/aromatic N) is 1. The van der Waals surface area contributed by atoms with E-state index in [0.717, 1.165) is 0 Å². The van der Waals surface area contributed by atoms with Gasteiger partial charge in [0, 0.05) is 28.8 Å². The highest BCUT2D eigenvalue weighted by atomic mass is 16.6. The Morgan fingerprint density at radius 3 is 2.58 bits per heavy atom. The third-order valence-corrected chi connectivity index (χ3v) is 4.08. The minimum absolute atomic E-state index is 0.164. The molecule has 0 saturated carbocycles. The molecule has 2 aromatic carbocycles. The van der Waals surface area contributed by atoms with E-state index in [1.54, 1.807) is 43.3 Å². The molecule has 0 fully saturated rings. The van der Waals surface area contributed by atoms with Gasteiger partial charge in [-0.05, 0) is 43.3 Å². The van der Waals surface area contributed by atoms with Crippen molar-refractivity contribution in [3.63, 3.8) is 0 Å². The van der Waals surface area contributed by atoms with Crippen molar-refractivity contribution < 1.29 is 28.2 Å². The predicted molar refractivity (Wildman–Crippen MR) is 110 cm³/mol. The Kier molecular flexibility index (Phi) is 6.85. The molecular formula is C22H18N2O7. The number of ether oxygens (including phenoxy) is 3. The summed E-state index contributed by atoms with van der Waals surface area (Å²) in [5.41, 5.74) is 0.910. The lowest BCUT2D eigenvalue weighted by molar-refractivity contribution is -0.147. The number of benzene rings is 2. The lowest BCUT2D eigenvalue weighted by Crippen LogP contribution is -2.15. The van der Waals surface area contributed by atoms with Crippen molar-refractivity contribution >= 4 is 28.7 Å². The summed E-state index contributed by atoms with van der Waals surface area (Å²) in [6.07, 6.45) is -0.628. The Morgan fingerprint density at radius 1 is 1.10 bits per heavy atom. The van der Waals surface area contributed by atoms with Crippen LogP contribution in [0.2, 0.25) is 0 Å². The number of anilines is 1. The molecule has 1 heterocycles. The van der Waals surface area contributed by atoms with Crippen molar-refractivity contribution in [2.45, 2.75) is 13.5 Å². The first-order valence-electron chi connectivity index (χ1n) is 9.27. The largest absolute Gasteiger partial charge is 0.482 e. The first-order chi connectivity index (χ1) is 15.0. The van der Waals surface area contributed by atoms with Crippen molar-refractivity contribution in [2.24, 2.45) is 0 Å². The van der Waals surface area contributed by atoms with Crippen LogP contribution in [0.1, 0.15) is 18.1 Å². The minimum Gasteiger partial charge on any atom is -0.482 e. The molecule has 0 radical (unpaired) electrons. The molecule has 1 aromatic heterocycles. The van der Waals surface area contributed by atoms with Crippen LogP contribution in [0.3, 0.4) is 0 Å². The third kappa shape index (κ3) is 5.83. The highest BCUT2D eigenvalue weighted by molar-refractivity contribution is 5.90. The SMILES string of the molecule is CCOC(=O)Nc1ccc2c(COC(=O)COc3ccc(C#N)cc3)cc(=O)oc2c1. The normalized spacial score (nSPS) is 10.2. The van der Waals surface area contributed by atoms with Gasteiger partial charge in [0.1, 0.15) is 17.9 Å². The molecule has 9 nitrogen and oxygen atoms in total. The number of rotatable bonds is 7. The fourth-order valence-corrected chi connectivity index (χ4v) is 2.68. The van der Waals surface area contributed by atoms with Crippen LogP contribution in [0.5, 0.6) is 5.75 Å². The lowest BCUT2D eigenvalue weighted by atomic mass is 10.1. The second-order valence-corrected chi connectivity index (χ2v) is 6.23. The summed E-state index contributed by atoms with van der Waals surface area (Å²) < 4.78 is 20.5. The van der Waals surface area contributed by atoms with Crippen LogP contribution in [0, 0.1) is 11.3 Å². The number of esters is 1. The molecule has 3 aromatic rings. The first-order valence-corrected chi connectivity index (χ1v) is 9.27. The molecule has 0 unspecified atom stereocenters. The maximum atomic E-state index is 12.0. The van der Waals surface area contributed by atoms with Gasteiger partial charge in [0.05, 0.1) is 18.2 Å². The molecule has 3 rings (SSSR count). The van der Waals surface area contributed by atoms with Crippen molar-refractivity contribution in [3.05, 3.63) is 70.1 Å². The van der Waals surface area contributed by atoms with E-state index >= 15 is 0 Å². The van der Waals surface area contributed by atoms with Crippen molar-refractivity contribution in [2.75, 3.05) is 18.5 Å². The molecule has 31 heavy (non-hydrogen) atoms. The molecule has 9 heteroatoms. The number of nitrogens with one attached hydrogen (secondary N) is 1. The molecule has 158 valence electrons. The molecule has 0 saturated heterocycles. The van der Waals surface area contributed by atoms with Crippen LogP contribution >= 0.6 is 0 Å². The average molecular weight is 422 g/mol. The van der Waals surface area contributed by atoms with E-state index in [4.69, 9.17) is 23.9 Å². The van der Waals surface area contributed by atoms with Crippen LogP contribution in [-0.4, -0.2) is 25.3 Å². The molecular weight excluding hydrogens is 404 g/mol. The van der Waals surface area contributed by atoms with Gasteiger partial charge in [-0.3, -0.25) is 5.32 Å². The van der Waals surface area contributed by atoms with Gasteiger partial charge in [0.15, 0.2) is 6.61 Å². The Morgan fingerprint density at radius 2 is 1.87 bits per heavy atom. The maximum absolute atomic E-state index is 12.0. The van der Waals surface area contributed by atoms with Crippen molar-refractivity contribution in [1.29, 1.82) is 5.26 Å². The van der Waals surface area contributed by atoms with Gasteiger partial charge in [-0.2, -0.15) is 5.26 Å². The number of hydrogen-bond acceptors (Lipinski definition) is 8. The minimum atomic E-state index is -0.633. The maximum Gasteiger partial charge on any atom is 0.411 e. The van der Waals surface area contributed by atoms with E-state index in [2.05, 4.69) is 5.32 Å². The summed E-state index contributed by atoms with van der Waals surface area (Å²) in [4.78, 5) is 35.4. The Labute approximate surface area is 176 Å². The Hall–Kier alpha value is -4.32. The van der Waals surface area contributed by atoms with E-state index in [9.17, 15) is 14.4 Å². The molecule has 0 spiro atoms. The van der Waals surface area contributed by atoms with E-state index in [0.29, 0.717) is 28.0 Å². The zero-order valence-corrected chi connectivity index (χ0v) is 16.5. The van der Waals surface area contributed by atoms with Gasteiger partial charge in [0.25, 0.3) is 0 Å². The number of hydrogen-bond donors (Lipinski definition) is 1. The molecule has 0 aliphatic carbocycles. The zero-order valence-electron chi connectivity index (χ0n) is 16.5. The van der Waals surface area contributed by atoms with Gasteiger partial charge < -0.3 is 18.6 Å². The summed E-state index contributed by atoms with van der Waals surface area (Å²) in [5.74, 6) is -0.213. The topological polar surface area (TPSA) is 128 Å². The van der Waals surface area contributed by atoms with Crippen LogP contribution in [0.25, 0.3) is 11.0 Å². The Balaban J connectivity index is 1.64. The lowest BCUT2D eigenvalue weighted by Gasteiger charge is -2.10. The van der Waals surface area contributed by atoms with E-state index in [1.807, 2.05) is 6.07 Å². The number of fused-ring (bicyclic) bond motifs is 1. The second-order valence-electron chi connectivity index (χ2n) is 6.23. The smallest absolute Gasteiger partial charge is 0.411 e. The van der Waals surface area contributed by atoms with E-state index < -0.39 is 17.7 Å². The predicted octanol–water partition coefficient (Wildman–Crippen LogP) is 3.36. The summed E-state index contributed by atoms with van der Waals surface area (Å²) in [6, 6.07) is 14.2. The quantitative estimate of drug-likeness (QED) is 0.453. The van der Waals surface area contributed by atoms with E-state index in [1.165, 1.54) is 12.1 Å². The number of carbonyl (C=O) groups excluding carboxylic acids is 2. The highest BCUT2D eigenvalue weighted by Gasteiger charge is 2.11. The zero-order chi connectivity index (χ0) is 22.2. The fourth-order valence-electron chi connectivity index (χ4n) is 2.68. The van der Waals surface area contributed by atoms with Gasteiger partial charge in [0.2, 0.25) is 0 Å². The van der Waals surface area contributed by atoms with Gasteiger partial charge in [-0.1, -0.05) is 0 Å². The van der Waals surface area contributed by atoms with E-state index in [-0.39, 0.29) is 25.4 Å². The van der Waals surface area contributed by atoms with Crippen molar-refractivity contribution in [1.82, 2.24) is 0 Å². The van der Waals surface area contributed by atoms with Crippen LogP contribution in [0.15, 0.2) is 57.7 Å². The molecule has 0 aliphatic heterocycles. The summed E-state index contributed by atoms with van der Waals surface area (Å²) in [5, 5.41) is 11.8. The van der Waals surface area contributed by atoms with Crippen LogP contribution in [0.4, 0.5) is 10.5 Å². The number of carbonyl (C=O) groups is 2. The summed E-state index contributed by atoms with van der Waals surface area (Å²) in [7, 11) is 0. The van der Waals surface area contributed by atoms with Gasteiger partial charge >= 0.3 is 17.7 Å². The average Bonchev–Trinajstić information content (AvgIpc) is 2.76. The molecule has 0 bridgehead atoms. The van der Waals surface area contributed by atoms with Gasteiger partial charge in [-0.15, -0.1) is 0 Å². The fraction of sp³-hybridized carbons (Fsp3) is 0.182. The summed E-state index contributed by atoms with van der Waals surface area (Å²) >= 11 is 0. The molecule has 0 atom stereocenters. The molecule has 1 amide bonds. The number of nitriles is 1. The molecule has 0 aliphatic rings.